The molecule has 2 fully saturated rings. The number of anilines is 1. The minimum absolute atomic E-state index is 0. The lowest BCUT2D eigenvalue weighted by Gasteiger charge is -2.34. The number of likely N-dealkylation sites (tertiary alicyclic amines) is 1. The van der Waals surface area contributed by atoms with E-state index in [1.807, 2.05) is 43.0 Å². The molecule has 2 heterocycles. The molecule has 178 valence electrons. The summed E-state index contributed by atoms with van der Waals surface area (Å²) in [5.74, 6) is -0.342. The summed E-state index contributed by atoms with van der Waals surface area (Å²) in [4.78, 5) is 40.1. The highest BCUT2D eigenvalue weighted by atomic mass is 35.5. The second-order valence-electron chi connectivity index (χ2n) is 9.02. The van der Waals surface area contributed by atoms with Crippen LogP contribution < -0.4 is 16.0 Å². The Bertz CT molecular complexity index is 770. The predicted molar refractivity (Wildman–Crippen MR) is 129 cm³/mol. The fraction of sp³-hybridized carbons (Fsp3) is 0.625. The number of nitrogens with zero attached hydrogens (tertiary/aromatic N) is 1. The van der Waals surface area contributed by atoms with Crippen LogP contribution in [0.4, 0.5) is 5.69 Å². The van der Waals surface area contributed by atoms with E-state index in [2.05, 4.69) is 22.9 Å². The minimum Gasteiger partial charge on any atom is -0.344 e. The van der Waals surface area contributed by atoms with Crippen LogP contribution in [0.1, 0.15) is 52.0 Å². The molecule has 0 aromatic heterocycles. The lowest BCUT2D eigenvalue weighted by Crippen LogP contribution is -2.52. The third-order valence-electron chi connectivity index (χ3n) is 6.41. The first kappa shape index (κ1) is 26.1. The molecule has 8 heteroatoms. The van der Waals surface area contributed by atoms with Crippen molar-refractivity contribution in [2.75, 3.05) is 25.0 Å². The molecule has 0 unspecified atom stereocenters. The van der Waals surface area contributed by atoms with Crippen LogP contribution in [0.15, 0.2) is 24.3 Å². The number of piperidine rings is 1. The summed E-state index contributed by atoms with van der Waals surface area (Å²) < 4.78 is 0. The molecule has 0 saturated carbocycles. The number of rotatable bonds is 7. The van der Waals surface area contributed by atoms with Gasteiger partial charge in [0.15, 0.2) is 0 Å². The van der Waals surface area contributed by atoms with Crippen LogP contribution in [-0.4, -0.2) is 54.3 Å². The van der Waals surface area contributed by atoms with Gasteiger partial charge >= 0.3 is 0 Å². The normalized spacial score (nSPS) is 19.9. The Morgan fingerprint density at radius 1 is 1.09 bits per heavy atom. The summed E-state index contributed by atoms with van der Waals surface area (Å²) in [6.45, 7) is 8.04. The molecule has 2 aliphatic heterocycles. The van der Waals surface area contributed by atoms with Crippen LogP contribution in [0.3, 0.4) is 0 Å². The van der Waals surface area contributed by atoms with Gasteiger partial charge in [0, 0.05) is 24.7 Å². The second-order valence-corrected chi connectivity index (χ2v) is 9.02. The Morgan fingerprint density at radius 2 is 1.75 bits per heavy atom. The molecule has 2 aliphatic rings. The van der Waals surface area contributed by atoms with Crippen LogP contribution in [0.2, 0.25) is 0 Å². The topological polar surface area (TPSA) is 90.5 Å². The van der Waals surface area contributed by atoms with Gasteiger partial charge in [0.2, 0.25) is 17.7 Å². The number of amides is 3. The van der Waals surface area contributed by atoms with E-state index >= 15 is 0 Å². The van der Waals surface area contributed by atoms with E-state index in [-0.39, 0.29) is 48.0 Å². The lowest BCUT2D eigenvalue weighted by molar-refractivity contribution is -0.137. The molecule has 2 atom stereocenters. The molecule has 0 radical (unpaired) electrons. The number of carbonyl (C=O) groups excluding carboxylic acids is 3. The van der Waals surface area contributed by atoms with E-state index < -0.39 is 6.04 Å². The van der Waals surface area contributed by atoms with Gasteiger partial charge in [-0.2, -0.15) is 0 Å². The van der Waals surface area contributed by atoms with E-state index in [1.165, 1.54) is 5.56 Å². The van der Waals surface area contributed by atoms with Crippen molar-refractivity contribution in [3.63, 3.8) is 0 Å². The van der Waals surface area contributed by atoms with Crippen molar-refractivity contribution in [2.24, 2.45) is 11.8 Å². The standard InChI is InChI=1S/C24H36N4O3.ClH/c1-4-17-7-9-19(10-8-17)26-23(30)21(16(2)3)27-22(29)18-11-14-28(15-12-18)24(31)20-6-5-13-25-20;/h7-10,16,18,20-21,25H,4-6,11-15H2,1-3H3,(H,26,30)(H,27,29);1H/t20-,21-;/m0./s1. The fourth-order valence-electron chi connectivity index (χ4n) is 4.33. The van der Waals surface area contributed by atoms with Crippen molar-refractivity contribution >= 4 is 35.8 Å². The number of halogens is 1. The molecule has 1 aromatic rings. The van der Waals surface area contributed by atoms with Gasteiger partial charge in [-0.05, 0) is 62.3 Å². The molecule has 3 rings (SSSR count). The quantitative estimate of drug-likeness (QED) is 0.578. The highest BCUT2D eigenvalue weighted by Crippen LogP contribution is 2.21. The average molecular weight is 465 g/mol. The first-order chi connectivity index (χ1) is 14.9. The van der Waals surface area contributed by atoms with Gasteiger partial charge in [-0.1, -0.05) is 32.9 Å². The maximum absolute atomic E-state index is 12.9. The zero-order valence-corrected chi connectivity index (χ0v) is 20.2. The first-order valence-corrected chi connectivity index (χ1v) is 11.6. The first-order valence-electron chi connectivity index (χ1n) is 11.6. The SMILES string of the molecule is CCc1ccc(NC(=O)[C@@H](NC(=O)C2CCN(C(=O)[C@@H]3CCCN3)CC2)C(C)C)cc1.Cl. The van der Waals surface area contributed by atoms with Gasteiger partial charge in [-0.3, -0.25) is 14.4 Å². The molecule has 0 bridgehead atoms. The van der Waals surface area contributed by atoms with Crippen molar-refractivity contribution in [2.45, 2.75) is 65.0 Å². The zero-order valence-electron chi connectivity index (χ0n) is 19.4. The van der Waals surface area contributed by atoms with Gasteiger partial charge in [0.1, 0.15) is 6.04 Å². The molecule has 3 amide bonds. The zero-order chi connectivity index (χ0) is 22.4. The highest BCUT2D eigenvalue weighted by Gasteiger charge is 2.33. The van der Waals surface area contributed by atoms with Gasteiger partial charge in [-0.25, -0.2) is 0 Å². The van der Waals surface area contributed by atoms with Crippen LogP contribution >= 0.6 is 12.4 Å². The van der Waals surface area contributed by atoms with Crippen LogP contribution in [0.25, 0.3) is 0 Å². The number of nitrogens with one attached hydrogen (secondary N) is 3. The van der Waals surface area contributed by atoms with E-state index in [1.54, 1.807) is 0 Å². The number of aryl methyl sites for hydroxylation is 1. The molecule has 0 spiro atoms. The third kappa shape index (κ3) is 6.69. The summed E-state index contributed by atoms with van der Waals surface area (Å²) in [6, 6.07) is 7.11. The van der Waals surface area contributed by atoms with Gasteiger partial charge < -0.3 is 20.9 Å². The second kappa shape index (κ2) is 12.2. The molecule has 2 saturated heterocycles. The van der Waals surface area contributed by atoms with Gasteiger partial charge in [0.25, 0.3) is 0 Å². The molecule has 7 nitrogen and oxygen atoms in total. The van der Waals surface area contributed by atoms with Crippen LogP contribution in [0.5, 0.6) is 0 Å². The third-order valence-corrected chi connectivity index (χ3v) is 6.41. The number of carbonyl (C=O) groups is 3. The van der Waals surface area contributed by atoms with Crippen LogP contribution in [0, 0.1) is 11.8 Å². The Balaban J connectivity index is 0.00000363. The maximum Gasteiger partial charge on any atom is 0.247 e. The van der Waals surface area contributed by atoms with E-state index in [0.29, 0.717) is 25.9 Å². The Labute approximate surface area is 197 Å². The molecular weight excluding hydrogens is 428 g/mol. The Morgan fingerprint density at radius 3 is 2.28 bits per heavy atom. The summed E-state index contributed by atoms with van der Waals surface area (Å²) in [6.07, 6.45) is 4.15. The molecule has 1 aromatic carbocycles. The Hall–Kier alpha value is -2.12. The summed E-state index contributed by atoms with van der Waals surface area (Å²) in [5, 5.41) is 9.13. The van der Waals surface area contributed by atoms with Crippen molar-refractivity contribution in [3.8, 4) is 0 Å². The molecular formula is C24H37ClN4O3. The number of hydrogen-bond donors (Lipinski definition) is 3. The highest BCUT2D eigenvalue weighted by molar-refractivity contribution is 5.97. The monoisotopic (exact) mass is 464 g/mol. The summed E-state index contributed by atoms with van der Waals surface area (Å²) >= 11 is 0. The summed E-state index contributed by atoms with van der Waals surface area (Å²) in [7, 11) is 0. The Kier molecular flexibility index (Phi) is 9.97. The van der Waals surface area contributed by atoms with E-state index in [9.17, 15) is 14.4 Å². The van der Waals surface area contributed by atoms with Gasteiger partial charge in [0.05, 0.1) is 6.04 Å². The summed E-state index contributed by atoms with van der Waals surface area (Å²) in [5.41, 5.74) is 1.94. The fourth-order valence-corrected chi connectivity index (χ4v) is 4.33. The van der Waals surface area contributed by atoms with Crippen molar-refractivity contribution < 1.29 is 14.4 Å². The minimum atomic E-state index is -0.597. The van der Waals surface area contributed by atoms with E-state index in [0.717, 1.165) is 31.5 Å². The smallest absolute Gasteiger partial charge is 0.247 e. The number of hydrogen-bond acceptors (Lipinski definition) is 4. The van der Waals surface area contributed by atoms with Crippen molar-refractivity contribution in [3.05, 3.63) is 29.8 Å². The van der Waals surface area contributed by atoms with Crippen molar-refractivity contribution in [1.82, 2.24) is 15.5 Å². The molecule has 32 heavy (non-hydrogen) atoms. The largest absolute Gasteiger partial charge is 0.344 e. The van der Waals surface area contributed by atoms with Gasteiger partial charge in [-0.15, -0.1) is 12.4 Å². The maximum atomic E-state index is 12.9. The predicted octanol–water partition coefficient (Wildman–Crippen LogP) is 2.74. The average Bonchev–Trinajstić information content (AvgIpc) is 3.32. The molecule has 3 N–H and O–H groups in total. The lowest BCUT2D eigenvalue weighted by atomic mass is 9.94. The van der Waals surface area contributed by atoms with E-state index in [4.69, 9.17) is 0 Å². The number of benzene rings is 1. The van der Waals surface area contributed by atoms with Crippen molar-refractivity contribution in [1.29, 1.82) is 0 Å². The molecule has 0 aliphatic carbocycles. The van der Waals surface area contributed by atoms with Crippen LogP contribution in [-0.2, 0) is 20.8 Å².